The van der Waals surface area contributed by atoms with Crippen LogP contribution in [0.5, 0.6) is 0 Å². The Morgan fingerprint density at radius 2 is 2.08 bits per heavy atom. The molecule has 0 bridgehead atoms. The standard InChI is InChI=1S/C18H19N3OS2/c22-18(13-7-10-23-12-13)19-14-5-8-21(9-6-14)11-17-20-15-3-1-2-4-16(15)24-17/h1-4,7,10,12,14H,5-6,8-9,11H2,(H,19,22). The Morgan fingerprint density at radius 1 is 1.25 bits per heavy atom. The summed E-state index contributed by atoms with van der Waals surface area (Å²) in [6.07, 6.45) is 2.00. The van der Waals surface area contributed by atoms with Crippen LogP contribution in [0.4, 0.5) is 0 Å². The minimum absolute atomic E-state index is 0.0564. The van der Waals surface area contributed by atoms with Gasteiger partial charge >= 0.3 is 0 Å². The van der Waals surface area contributed by atoms with Crippen molar-refractivity contribution < 1.29 is 4.79 Å². The first-order valence-electron chi connectivity index (χ1n) is 8.18. The lowest BCUT2D eigenvalue weighted by molar-refractivity contribution is 0.0909. The minimum Gasteiger partial charge on any atom is -0.349 e. The number of hydrogen-bond donors (Lipinski definition) is 1. The second-order valence-corrected chi connectivity index (χ2v) is 8.01. The summed E-state index contributed by atoms with van der Waals surface area (Å²) in [6, 6.07) is 10.5. The molecule has 1 aromatic carbocycles. The Balaban J connectivity index is 1.30. The number of thiophene rings is 1. The second kappa shape index (κ2) is 7.01. The number of likely N-dealkylation sites (tertiary alicyclic amines) is 1. The molecule has 6 heteroatoms. The smallest absolute Gasteiger partial charge is 0.252 e. The number of hydrogen-bond acceptors (Lipinski definition) is 5. The van der Waals surface area contributed by atoms with Gasteiger partial charge in [-0.1, -0.05) is 12.1 Å². The monoisotopic (exact) mass is 357 g/mol. The fourth-order valence-corrected chi connectivity index (χ4v) is 4.72. The highest BCUT2D eigenvalue weighted by atomic mass is 32.1. The number of rotatable bonds is 4. The molecule has 1 N–H and O–H groups in total. The Hall–Kier alpha value is -1.76. The van der Waals surface area contributed by atoms with E-state index in [1.54, 1.807) is 22.7 Å². The number of para-hydroxylation sites is 1. The van der Waals surface area contributed by atoms with Crippen molar-refractivity contribution in [2.45, 2.75) is 25.4 Å². The van der Waals surface area contributed by atoms with E-state index >= 15 is 0 Å². The fraction of sp³-hybridized carbons (Fsp3) is 0.333. The third kappa shape index (κ3) is 3.50. The number of carbonyl (C=O) groups excluding carboxylic acids is 1. The quantitative estimate of drug-likeness (QED) is 0.773. The van der Waals surface area contributed by atoms with Crippen LogP contribution >= 0.6 is 22.7 Å². The van der Waals surface area contributed by atoms with Crippen LogP contribution in [-0.2, 0) is 6.54 Å². The molecule has 1 aliphatic rings. The van der Waals surface area contributed by atoms with Gasteiger partial charge in [0.1, 0.15) is 5.01 Å². The lowest BCUT2D eigenvalue weighted by atomic mass is 10.0. The Morgan fingerprint density at radius 3 is 2.83 bits per heavy atom. The van der Waals surface area contributed by atoms with Gasteiger partial charge < -0.3 is 5.32 Å². The van der Waals surface area contributed by atoms with Gasteiger partial charge in [0.05, 0.1) is 16.8 Å². The maximum atomic E-state index is 12.1. The number of nitrogens with zero attached hydrogens (tertiary/aromatic N) is 2. The average molecular weight is 358 g/mol. The van der Waals surface area contributed by atoms with Crippen LogP contribution < -0.4 is 5.32 Å². The number of thiazole rings is 1. The zero-order valence-corrected chi connectivity index (χ0v) is 14.9. The number of carbonyl (C=O) groups is 1. The van der Waals surface area contributed by atoms with Gasteiger partial charge in [-0.15, -0.1) is 11.3 Å². The number of fused-ring (bicyclic) bond motifs is 1. The van der Waals surface area contributed by atoms with Crippen molar-refractivity contribution in [2.24, 2.45) is 0 Å². The summed E-state index contributed by atoms with van der Waals surface area (Å²) >= 11 is 3.34. The summed E-state index contributed by atoms with van der Waals surface area (Å²) in [7, 11) is 0. The molecule has 1 amide bonds. The largest absolute Gasteiger partial charge is 0.349 e. The van der Waals surface area contributed by atoms with E-state index in [-0.39, 0.29) is 11.9 Å². The summed E-state index contributed by atoms with van der Waals surface area (Å²) < 4.78 is 1.26. The highest BCUT2D eigenvalue weighted by Crippen LogP contribution is 2.23. The summed E-state index contributed by atoms with van der Waals surface area (Å²) in [5.41, 5.74) is 1.87. The van der Waals surface area contributed by atoms with E-state index in [9.17, 15) is 4.79 Å². The van der Waals surface area contributed by atoms with Crippen molar-refractivity contribution in [3.63, 3.8) is 0 Å². The third-order valence-electron chi connectivity index (χ3n) is 4.40. The second-order valence-electron chi connectivity index (χ2n) is 6.11. The van der Waals surface area contributed by atoms with E-state index < -0.39 is 0 Å². The van der Waals surface area contributed by atoms with Gasteiger partial charge in [0.2, 0.25) is 0 Å². The number of amides is 1. The molecule has 0 saturated carbocycles. The molecule has 0 spiro atoms. The molecule has 24 heavy (non-hydrogen) atoms. The summed E-state index contributed by atoms with van der Waals surface area (Å²) in [4.78, 5) is 19.3. The predicted molar refractivity (Wildman–Crippen MR) is 99.7 cm³/mol. The van der Waals surface area contributed by atoms with Crippen LogP contribution in [0.15, 0.2) is 41.1 Å². The van der Waals surface area contributed by atoms with E-state index in [0.29, 0.717) is 0 Å². The molecule has 3 heterocycles. The summed E-state index contributed by atoms with van der Waals surface area (Å²) in [6.45, 7) is 2.92. The van der Waals surface area contributed by atoms with Crippen molar-refractivity contribution in [3.05, 3.63) is 51.7 Å². The topological polar surface area (TPSA) is 45.2 Å². The van der Waals surface area contributed by atoms with E-state index in [0.717, 1.165) is 43.6 Å². The average Bonchev–Trinajstić information content (AvgIpc) is 3.25. The van der Waals surface area contributed by atoms with Gasteiger partial charge in [-0.05, 0) is 36.4 Å². The molecule has 2 aromatic heterocycles. The van der Waals surface area contributed by atoms with E-state index in [1.165, 1.54) is 9.71 Å². The first-order chi connectivity index (χ1) is 11.8. The number of piperidine rings is 1. The third-order valence-corrected chi connectivity index (χ3v) is 6.11. The van der Waals surface area contributed by atoms with Crippen molar-refractivity contribution in [1.29, 1.82) is 0 Å². The van der Waals surface area contributed by atoms with Gasteiger partial charge in [0, 0.05) is 30.1 Å². The molecule has 1 fully saturated rings. The molecule has 0 unspecified atom stereocenters. The van der Waals surface area contributed by atoms with E-state index in [2.05, 4.69) is 28.4 Å². The highest BCUT2D eigenvalue weighted by Gasteiger charge is 2.22. The molecule has 1 saturated heterocycles. The molecule has 0 atom stereocenters. The van der Waals surface area contributed by atoms with Gasteiger partial charge in [-0.25, -0.2) is 4.98 Å². The van der Waals surface area contributed by atoms with Crippen molar-refractivity contribution in [3.8, 4) is 0 Å². The minimum atomic E-state index is 0.0564. The Labute approximate surface area is 149 Å². The van der Waals surface area contributed by atoms with Crippen molar-refractivity contribution in [1.82, 2.24) is 15.2 Å². The number of benzene rings is 1. The SMILES string of the molecule is O=C(NC1CCN(Cc2nc3ccccc3s2)CC1)c1ccsc1. The fourth-order valence-electron chi connectivity index (χ4n) is 3.08. The van der Waals surface area contributed by atoms with Gasteiger partial charge in [-0.2, -0.15) is 11.3 Å². The maximum absolute atomic E-state index is 12.1. The van der Waals surface area contributed by atoms with Crippen LogP contribution in [0.3, 0.4) is 0 Å². The predicted octanol–water partition coefficient (Wildman–Crippen LogP) is 3.75. The maximum Gasteiger partial charge on any atom is 0.252 e. The van der Waals surface area contributed by atoms with Crippen molar-refractivity contribution >= 4 is 38.8 Å². The Kier molecular flexibility index (Phi) is 4.60. The van der Waals surface area contributed by atoms with E-state index in [4.69, 9.17) is 4.98 Å². The van der Waals surface area contributed by atoms with Gasteiger partial charge in [0.25, 0.3) is 5.91 Å². The molecule has 4 rings (SSSR count). The molecule has 124 valence electrons. The molecule has 1 aliphatic heterocycles. The normalized spacial score (nSPS) is 16.5. The molecule has 3 aromatic rings. The zero-order valence-electron chi connectivity index (χ0n) is 13.3. The van der Waals surface area contributed by atoms with Crippen LogP contribution in [-0.4, -0.2) is 34.9 Å². The van der Waals surface area contributed by atoms with Crippen LogP contribution in [0.1, 0.15) is 28.2 Å². The highest BCUT2D eigenvalue weighted by molar-refractivity contribution is 7.18. The van der Waals surface area contributed by atoms with Crippen molar-refractivity contribution in [2.75, 3.05) is 13.1 Å². The van der Waals surface area contributed by atoms with Crippen LogP contribution in [0, 0.1) is 0 Å². The first-order valence-corrected chi connectivity index (χ1v) is 9.94. The van der Waals surface area contributed by atoms with Crippen LogP contribution in [0.2, 0.25) is 0 Å². The first kappa shape index (κ1) is 15.7. The zero-order chi connectivity index (χ0) is 16.4. The van der Waals surface area contributed by atoms with Crippen LogP contribution in [0.25, 0.3) is 10.2 Å². The lowest BCUT2D eigenvalue weighted by Gasteiger charge is -2.31. The molecular formula is C18H19N3OS2. The number of aromatic nitrogens is 1. The number of nitrogens with one attached hydrogen (secondary N) is 1. The lowest BCUT2D eigenvalue weighted by Crippen LogP contribution is -2.44. The molecule has 0 radical (unpaired) electrons. The Bertz CT molecular complexity index is 787. The molecular weight excluding hydrogens is 338 g/mol. The molecule has 4 nitrogen and oxygen atoms in total. The van der Waals surface area contributed by atoms with E-state index in [1.807, 2.05) is 22.9 Å². The molecule has 0 aliphatic carbocycles. The van der Waals surface area contributed by atoms with Gasteiger partial charge in [0.15, 0.2) is 0 Å². The summed E-state index contributed by atoms with van der Waals surface area (Å²) in [5.74, 6) is 0.0564. The van der Waals surface area contributed by atoms with Gasteiger partial charge in [-0.3, -0.25) is 9.69 Å². The summed E-state index contributed by atoms with van der Waals surface area (Å²) in [5, 5.41) is 8.17.